The SMILES string of the molecule is N#CC[C@@H](c1cc(F)ccc1O)N1CCNCC1. The lowest BCUT2D eigenvalue weighted by Gasteiger charge is -2.34. The number of nitrogens with one attached hydrogen (secondary N) is 1. The number of hydrogen-bond acceptors (Lipinski definition) is 4. The molecule has 0 radical (unpaired) electrons. The van der Waals surface area contributed by atoms with Gasteiger partial charge < -0.3 is 10.4 Å². The fourth-order valence-corrected chi connectivity index (χ4v) is 2.31. The van der Waals surface area contributed by atoms with Gasteiger partial charge in [-0.3, -0.25) is 4.90 Å². The molecule has 1 saturated heterocycles. The Hall–Kier alpha value is -1.64. The van der Waals surface area contributed by atoms with Crippen LogP contribution in [0.3, 0.4) is 0 Å². The molecule has 0 bridgehead atoms. The maximum Gasteiger partial charge on any atom is 0.123 e. The highest BCUT2D eigenvalue weighted by molar-refractivity contribution is 5.35. The summed E-state index contributed by atoms with van der Waals surface area (Å²) in [6.07, 6.45) is 0.247. The summed E-state index contributed by atoms with van der Waals surface area (Å²) in [5, 5.41) is 22.0. The number of nitriles is 1. The Kier molecular flexibility index (Phi) is 4.13. The minimum absolute atomic E-state index is 0.0511. The van der Waals surface area contributed by atoms with Crippen LogP contribution in [0.5, 0.6) is 5.75 Å². The van der Waals surface area contributed by atoms with E-state index in [1.54, 1.807) is 0 Å². The van der Waals surface area contributed by atoms with Crippen LogP contribution in [0.4, 0.5) is 4.39 Å². The summed E-state index contributed by atoms with van der Waals surface area (Å²) in [6, 6.07) is 5.76. The van der Waals surface area contributed by atoms with E-state index in [1.807, 2.05) is 0 Å². The molecule has 5 heteroatoms. The Morgan fingerprint density at radius 2 is 2.17 bits per heavy atom. The molecule has 0 unspecified atom stereocenters. The van der Waals surface area contributed by atoms with Gasteiger partial charge >= 0.3 is 0 Å². The van der Waals surface area contributed by atoms with Gasteiger partial charge in [0.2, 0.25) is 0 Å². The first-order valence-electron chi connectivity index (χ1n) is 6.02. The first-order chi connectivity index (χ1) is 8.72. The van der Waals surface area contributed by atoms with E-state index in [1.165, 1.54) is 18.2 Å². The van der Waals surface area contributed by atoms with Crippen LogP contribution in [0.1, 0.15) is 18.0 Å². The highest BCUT2D eigenvalue weighted by Crippen LogP contribution is 2.31. The average molecular weight is 249 g/mol. The molecular formula is C13H16FN3O. The zero-order valence-electron chi connectivity index (χ0n) is 10.1. The molecule has 1 fully saturated rings. The van der Waals surface area contributed by atoms with E-state index in [2.05, 4.69) is 16.3 Å². The van der Waals surface area contributed by atoms with Crippen molar-refractivity contribution in [3.63, 3.8) is 0 Å². The van der Waals surface area contributed by atoms with Crippen LogP contribution in [-0.4, -0.2) is 36.2 Å². The number of hydrogen-bond donors (Lipinski definition) is 2. The fourth-order valence-electron chi connectivity index (χ4n) is 2.31. The number of halogens is 1. The van der Waals surface area contributed by atoms with E-state index in [9.17, 15) is 9.50 Å². The molecular weight excluding hydrogens is 233 g/mol. The predicted molar refractivity (Wildman–Crippen MR) is 65.5 cm³/mol. The van der Waals surface area contributed by atoms with Crippen LogP contribution in [0.25, 0.3) is 0 Å². The molecule has 0 aliphatic carbocycles. The van der Waals surface area contributed by atoms with Crippen molar-refractivity contribution < 1.29 is 9.50 Å². The largest absolute Gasteiger partial charge is 0.508 e. The molecule has 1 heterocycles. The minimum atomic E-state index is -0.388. The van der Waals surface area contributed by atoms with Crippen LogP contribution in [0.15, 0.2) is 18.2 Å². The number of nitrogens with zero attached hydrogens (tertiary/aromatic N) is 2. The van der Waals surface area contributed by atoms with Crippen molar-refractivity contribution in [3.8, 4) is 11.8 Å². The topological polar surface area (TPSA) is 59.3 Å². The number of aromatic hydroxyl groups is 1. The molecule has 0 amide bonds. The maximum atomic E-state index is 13.3. The Morgan fingerprint density at radius 3 is 2.83 bits per heavy atom. The third kappa shape index (κ3) is 2.78. The van der Waals surface area contributed by atoms with Crippen LogP contribution >= 0.6 is 0 Å². The first kappa shape index (κ1) is 12.8. The van der Waals surface area contributed by atoms with Gasteiger partial charge in [-0.05, 0) is 18.2 Å². The zero-order chi connectivity index (χ0) is 13.0. The minimum Gasteiger partial charge on any atom is -0.508 e. The van der Waals surface area contributed by atoms with Crippen molar-refractivity contribution in [2.45, 2.75) is 12.5 Å². The zero-order valence-corrected chi connectivity index (χ0v) is 10.1. The van der Waals surface area contributed by atoms with Crippen molar-refractivity contribution in [1.29, 1.82) is 5.26 Å². The second-order valence-corrected chi connectivity index (χ2v) is 4.37. The third-order valence-corrected chi connectivity index (χ3v) is 3.23. The molecule has 96 valence electrons. The van der Waals surface area contributed by atoms with Crippen molar-refractivity contribution in [1.82, 2.24) is 10.2 Å². The van der Waals surface area contributed by atoms with Crippen molar-refractivity contribution in [3.05, 3.63) is 29.6 Å². The monoisotopic (exact) mass is 249 g/mol. The fraction of sp³-hybridized carbons (Fsp3) is 0.462. The van der Waals surface area contributed by atoms with Gasteiger partial charge in [-0.25, -0.2) is 4.39 Å². The molecule has 0 spiro atoms. The smallest absolute Gasteiger partial charge is 0.123 e. The Labute approximate surface area is 106 Å². The third-order valence-electron chi connectivity index (χ3n) is 3.23. The van der Waals surface area contributed by atoms with Crippen LogP contribution in [0.2, 0.25) is 0 Å². The molecule has 1 aliphatic heterocycles. The number of benzene rings is 1. The standard InChI is InChI=1S/C13H16FN3O/c14-10-1-2-13(18)11(9-10)12(3-4-15)17-7-5-16-6-8-17/h1-2,9,12,16,18H,3,5-8H2/t12-/m0/s1. The van der Waals surface area contributed by atoms with Crippen LogP contribution in [-0.2, 0) is 0 Å². The number of phenols is 1. The van der Waals surface area contributed by atoms with E-state index in [4.69, 9.17) is 5.26 Å². The summed E-state index contributed by atoms with van der Waals surface area (Å²) in [7, 11) is 0. The van der Waals surface area contributed by atoms with E-state index < -0.39 is 0 Å². The lowest BCUT2D eigenvalue weighted by molar-refractivity contribution is 0.173. The molecule has 0 saturated carbocycles. The van der Waals surface area contributed by atoms with Crippen molar-refractivity contribution >= 4 is 0 Å². The van der Waals surface area contributed by atoms with Gasteiger partial charge in [0, 0.05) is 31.7 Å². The Bertz CT molecular complexity index is 452. The summed E-state index contributed by atoms with van der Waals surface area (Å²) in [6.45, 7) is 3.28. The Balaban J connectivity index is 2.28. The van der Waals surface area contributed by atoms with Crippen LogP contribution < -0.4 is 5.32 Å². The highest BCUT2D eigenvalue weighted by Gasteiger charge is 2.24. The molecule has 1 aromatic carbocycles. The van der Waals surface area contributed by atoms with Gasteiger partial charge in [0.15, 0.2) is 0 Å². The number of rotatable bonds is 3. The molecule has 2 N–H and O–H groups in total. The normalized spacial score (nSPS) is 18.2. The number of phenolic OH excluding ortho intramolecular Hbond substituents is 1. The summed E-state index contributed by atoms with van der Waals surface area (Å²) in [5.74, 6) is -0.337. The quantitative estimate of drug-likeness (QED) is 0.850. The molecule has 0 aromatic heterocycles. The lowest BCUT2D eigenvalue weighted by atomic mass is 10.0. The van der Waals surface area contributed by atoms with Crippen molar-refractivity contribution in [2.75, 3.05) is 26.2 Å². The van der Waals surface area contributed by atoms with Gasteiger partial charge in [0.1, 0.15) is 11.6 Å². The van der Waals surface area contributed by atoms with Gasteiger partial charge in [0.05, 0.1) is 18.5 Å². The molecule has 18 heavy (non-hydrogen) atoms. The summed E-state index contributed by atoms with van der Waals surface area (Å²) in [5.41, 5.74) is 0.499. The van der Waals surface area contributed by atoms with Gasteiger partial charge in [-0.1, -0.05) is 0 Å². The van der Waals surface area contributed by atoms with Gasteiger partial charge in [-0.2, -0.15) is 5.26 Å². The van der Waals surface area contributed by atoms with E-state index in [0.717, 1.165) is 26.2 Å². The van der Waals surface area contributed by atoms with E-state index in [0.29, 0.717) is 5.56 Å². The molecule has 2 rings (SSSR count). The molecule has 4 nitrogen and oxygen atoms in total. The second kappa shape index (κ2) is 5.80. The van der Waals surface area contributed by atoms with E-state index in [-0.39, 0.29) is 24.0 Å². The average Bonchev–Trinajstić information content (AvgIpc) is 2.40. The molecule has 1 aromatic rings. The van der Waals surface area contributed by atoms with Gasteiger partial charge in [0.25, 0.3) is 0 Å². The second-order valence-electron chi connectivity index (χ2n) is 4.37. The van der Waals surface area contributed by atoms with Crippen LogP contribution in [0, 0.1) is 17.1 Å². The maximum absolute atomic E-state index is 13.3. The highest BCUT2D eigenvalue weighted by atomic mass is 19.1. The Morgan fingerprint density at radius 1 is 1.44 bits per heavy atom. The first-order valence-corrected chi connectivity index (χ1v) is 6.02. The summed E-state index contributed by atoms with van der Waals surface area (Å²) >= 11 is 0. The molecule has 1 aliphatic rings. The summed E-state index contributed by atoms with van der Waals surface area (Å²) in [4.78, 5) is 2.11. The van der Waals surface area contributed by atoms with E-state index >= 15 is 0 Å². The predicted octanol–water partition coefficient (Wildman–Crippen LogP) is 1.39. The summed E-state index contributed by atoms with van der Waals surface area (Å²) < 4.78 is 13.3. The molecule has 1 atom stereocenters. The number of piperazine rings is 1. The lowest BCUT2D eigenvalue weighted by Crippen LogP contribution is -2.45. The van der Waals surface area contributed by atoms with Gasteiger partial charge in [-0.15, -0.1) is 0 Å². The van der Waals surface area contributed by atoms with Crippen molar-refractivity contribution in [2.24, 2.45) is 0 Å².